The molecule has 3 aromatic rings. The van der Waals surface area contributed by atoms with Crippen molar-refractivity contribution in [3.63, 3.8) is 0 Å². The van der Waals surface area contributed by atoms with Crippen LogP contribution in [0.5, 0.6) is 0 Å². The SMILES string of the molecule is O=c1oc2cc(Br)ccc2n1CN(Cc1cccs1)C1CC1. The molecular weight excluding hydrogens is 364 g/mol. The Hall–Kier alpha value is -1.37. The van der Waals surface area contributed by atoms with Gasteiger partial charge in [-0.15, -0.1) is 11.3 Å². The average Bonchev–Trinajstić information content (AvgIpc) is 3.13. The first-order valence-corrected chi connectivity index (χ1v) is 8.93. The summed E-state index contributed by atoms with van der Waals surface area (Å²) in [6.07, 6.45) is 2.42. The topological polar surface area (TPSA) is 38.4 Å². The van der Waals surface area contributed by atoms with Crippen LogP contribution < -0.4 is 5.76 Å². The summed E-state index contributed by atoms with van der Waals surface area (Å²) in [6, 6.07) is 10.5. The number of benzene rings is 1. The van der Waals surface area contributed by atoms with Crippen LogP contribution in [0.3, 0.4) is 0 Å². The molecule has 0 radical (unpaired) electrons. The molecule has 2 heterocycles. The van der Waals surface area contributed by atoms with E-state index in [1.165, 1.54) is 17.7 Å². The Labute approximate surface area is 140 Å². The van der Waals surface area contributed by atoms with Crippen LogP contribution in [-0.2, 0) is 13.2 Å². The first kappa shape index (κ1) is 14.2. The maximum absolute atomic E-state index is 12.2. The van der Waals surface area contributed by atoms with Gasteiger partial charge < -0.3 is 4.42 Å². The van der Waals surface area contributed by atoms with Crippen molar-refractivity contribution in [3.8, 4) is 0 Å². The minimum atomic E-state index is -0.287. The van der Waals surface area contributed by atoms with Crippen LogP contribution in [0.15, 0.2) is 49.4 Å². The lowest BCUT2D eigenvalue weighted by Gasteiger charge is -2.21. The number of thiophene rings is 1. The van der Waals surface area contributed by atoms with E-state index in [2.05, 4.69) is 38.3 Å². The van der Waals surface area contributed by atoms with Gasteiger partial charge >= 0.3 is 5.76 Å². The predicted molar refractivity (Wildman–Crippen MR) is 91.1 cm³/mol. The fourth-order valence-corrected chi connectivity index (χ4v) is 3.76. The number of fused-ring (bicyclic) bond motifs is 1. The highest BCUT2D eigenvalue weighted by Crippen LogP contribution is 2.30. The lowest BCUT2D eigenvalue weighted by molar-refractivity contribution is 0.196. The van der Waals surface area contributed by atoms with Gasteiger partial charge in [0.25, 0.3) is 0 Å². The summed E-state index contributed by atoms with van der Waals surface area (Å²) in [5.74, 6) is -0.287. The minimum Gasteiger partial charge on any atom is -0.408 e. The summed E-state index contributed by atoms with van der Waals surface area (Å²) >= 11 is 5.17. The predicted octanol–water partition coefficient (Wildman–Crippen LogP) is 4.04. The van der Waals surface area contributed by atoms with E-state index in [-0.39, 0.29) is 5.76 Å². The van der Waals surface area contributed by atoms with Gasteiger partial charge in [-0.25, -0.2) is 4.79 Å². The highest BCUT2D eigenvalue weighted by atomic mass is 79.9. The van der Waals surface area contributed by atoms with Gasteiger partial charge in [-0.1, -0.05) is 22.0 Å². The standard InChI is InChI=1S/C16H15BrN2O2S/c17-11-3-6-14-15(8-11)21-16(20)19(14)10-18(12-4-5-12)9-13-2-1-7-22-13/h1-3,6-8,12H,4-5,9-10H2. The molecular formula is C16H15BrN2O2S. The molecule has 1 aliphatic carbocycles. The van der Waals surface area contributed by atoms with Crippen molar-refractivity contribution in [1.82, 2.24) is 9.47 Å². The molecule has 1 fully saturated rings. The minimum absolute atomic E-state index is 0.287. The first-order valence-electron chi connectivity index (χ1n) is 7.26. The Kier molecular flexibility index (Phi) is 3.68. The smallest absolute Gasteiger partial charge is 0.408 e. The summed E-state index contributed by atoms with van der Waals surface area (Å²) < 4.78 is 8.01. The third-order valence-electron chi connectivity index (χ3n) is 3.96. The molecule has 0 saturated heterocycles. The molecule has 0 amide bonds. The molecule has 4 nitrogen and oxygen atoms in total. The Balaban J connectivity index is 1.66. The van der Waals surface area contributed by atoms with Crippen molar-refractivity contribution in [3.05, 3.63) is 55.6 Å². The molecule has 2 aromatic heterocycles. The van der Waals surface area contributed by atoms with Crippen molar-refractivity contribution in [2.75, 3.05) is 0 Å². The van der Waals surface area contributed by atoms with Gasteiger partial charge in [-0.05, 0) is 42.5 Å². The lowest BCUT2D eigenvalue weighted by Crippen LogP contribution is -2.31. The molecule has 0 spiro atoms. The molecule has 0 bridgehead atoms. The molecule has 114 valence electrons. The van der Waals surface area contributed by atoms with E-state index in [1.54, 1.807) is 15.9 Å². The number of nitrogens with zero attached hydrogens (tertiary/aromatic N) is 2. The second-order valence-electron chi connectivity index (χ2n) is 5.61. The molecule has 1 saturated carbocycles. The van der Waals surface area contributed by atoms with E-state index < -0.39 is 0 Å². The van der Waals surface area contributed by atoms with E-state index in [4.69, 9.17) is 4.42 Å². The zero-order chi connectivity index (χ0) is 15.1. The van der Waals surface area contributed by atoms with Crippen LogP contribution in [0.2, 0.25) is 0 Å². The van der Waals surface area contributed by atoms with Crippen LogP contribution in [0.25, 0.3) is 11.1 Å². The van der Waals surface area contributed by atoms with Gasteiger partial charge in [-0.3, -0.25) is 9.47 Å². The molecule has 6 heteroatoms. The molecule has 22 heavy (non-hydrogen) atoms. The van der Waals surface area contributed by atoms with Gasteiger partial charge in [0.05, 0.1) is 12.2 Å². The summed E-state index contributed by atoms with van der Waals surface area (Å²) in [6.45, 7) is 1.47. The maximum atomic E-state index is 12.2. The fraction of sp³-hybridized carbons (Fsp3) is 0.312. The van der Waals surface area contributed by atoms with E-state index in [9.17, 15) is 4.79 Å². The third kappa shape index (κ3) is 2.78. The van der Waals surface area contributed by atoms with Gasteiger partial charge in [-0.2, -0.15) is 0 Å². The van der Waals surface area contributed by atoms with Crippen LogP contribution in [-0.4, -0.2) is 15.5 Å². The van der Waals surface area contributed by atoms with Gasteiger partial charge in [0, 0.05) is 21.9 Å². The van der Waals surface area contributed by atoms with E-state index >= 15 is 0 Å². The average molecular weight is 379 g/mol. The molecule has 0 aliphatic heterocycles. The zero-order valence-electron chi connectivity index (χ0n) is 11.9. The van der Waals surface area contributed by atoms with Crippen LogP contribution in [0.4, 0.5) is 0 Å². The molecule has 0 atom stereocenters. The van der Waals surface area contributed by atoms with Gasteiger partial charge in [0.1, 0.15) is 0 Å². The Morgan fingerprint density at radius 1 is 1.36 bits per heavy atom. The third-order valence-corrected chi connectivity index (χ3v) is 5.31. The number of aromatic nitrogens is 1. The summed E-state index contributed by atoms with van der Waals surface area (Å²) in [4.78, 5) is 15.9. The number of rotatable bonds is 5. The monoisotopic (exact) mass is 378 g/mol. The second-order valence-corrected chi connectivity index (χ2v) is 7.55. The Bertz CT molecular complexity index is 849. The van der Waals surface area contributed by atoms with E-state index in [1.807, 2.05) is 18.2 Å². The maximum Gasteiger partial charge on any atom is 0.421 e. The van der Waals surface area contributed by atoms with Crippen LogP contribution in [0, 0.1) is 0 Å². The van der Waals surface area contributed by atoms with Crippen molar-refractivity contribution < 1.29 is 4.42 Å². The highest BCUT2D eigenvalue weighted by Gasteiger charge is 2.30. The highest BCUT2D eigenvalue weighted by molar-refractivity contribution is 9.10. The van der Waals surface area contributed by atoms with Crippen molar-refractivity contribution in [1.29, 1.82) is 0 Å². The summed E-state index contributed by atoms with van der Waals surface area (Å²) in [7, 11) is 0. The van der Waals surface area contributed by atoms with Gasteiger partial charge in [0.2, 0.25) is 0 Å². The first-order chi connectivity index (χ1) is 10.7. The van der Waals surface area contributed by atoms with E-state index in [0.29, 0.717) is 18.3 Å². The van der Waals surface area contributed by atoms with Gasteiger partial charge in [0.15, 0.2) is 5.58 Å². The van der Waals surface area contributed by atoms with E-state index in [0.717, 1.165) is 16.5 Å². The molecule has 0 N–H and O–H groups in total. The molecule has 1 aromatic carbocycles. The number of oxazole rings is 1. The quantitative estimate of drug-likeness (QED) is 0.672. The van der Waals surface area contributed by atoms with Crippen molar-refractivity contribution in [2.24, 2.45) is 0 Å². The number of hydrogen-bond donors (Lipinski definition) is 0. The van der Waals surface area contributed by atoms with Crippen molar-refractivity contribution >= 4 is 38.4 Å². The molecule has 0 unspecified atom stereocenters. The Morgan fingerprint density at radius 2 is 2.23 bits per heavy atom. The molecule has 1 aliphatic rings. The van der Waals surface area contributed by atoms with Crippen LogP contribution in [0.1, 0.15) is 17.7 Å². The number of halogens is 1. The normalized spacial score (nSPS) is 15.0. The molecule has 4 rings (SSSR count). The summed E-state index contributed by atoms with van der Waals surface area (Å²) in [5.41, 5.74) is 1.48. The fourth-order valence-electron chi connectivity index (χ4n) is 2.69. The Morgan fingerprint density at radius 3 is 2.95 bits per heavy atom. The summed E-state index contributed by atoms with van der Waals surface area (Å²) in [5, 5.41) is 2.09. The lowest BCUT2D eigenvalue weighted by atomic mass is 10.3. The largest absolute Gasteiger partial charge is 0.421 e. The van der Waals surface area contributed by atoms with Crippen LogP contribution >= 0.6 is 27.3 Å². The second kappa shape index (κ2) is 5.68. The number of hydrogen-bond acceptors (Lipinski definition) is 4. The zero-order valence-corrected chi connectivity index (χ0v) is 14.3. The van der Waals surface area contributed by atoms with Crippen molar-refractivity contribution in [2.45, 2.75) is 32.1 Å².